The van der Waals surface area contributed by atoms with E-state index in [4.69, 9.17) is 5.11 Å². The predicted octanol–water partition coefficient (Wildman–Crippen LogP) is -0.813. The summed E-state index contributed by atoms with van der Waals surface area (Å²) in [4.78, 5) is 6.51. The van der Waals surface area contributed by atoms with Gasteiger partial charge in [0.25, 0.3) is 0 Å². The van der Waals surface area contributed by atoms with Crippen molar-refractivity contribution in [3.63, 3.8) is 0 Å². The molecule has 1 aromatic heterocycles. The van der Waals surface area contributed by atoms with Crippen LogP contribution >= 0.6 is 0 Å². The first kappa shape index (κ1) is 7.81. The van der Waals surface area contributed by atoms with Gasteiger partial charge in [0.1, 0.15) is 0 Å². The minimum absolute atomic E-state index is 0.252. The summed E-state index contributed by atoms with van der Waals surface area (Å²) in [5.74, 6) is -0.473. The first-order chi connectivity index (χ1) is 5.20. The molecule has 0 aliphatic heterocycles. The summed E-state index contributed by atoms with van der Waals surface area (Å²) < 4.78 is 0. The minimum Gasteiger partial charge on any atom is -0.874 e. The van der Waals surface area contributed by atoms with Crippen molar-refractivity contribution in [3.05, 3.63) is 30.6 Å². The fraction of sp³-hybridized carbons (Fsp3) is 0.286. The molecular weight excluding hydrogens is 144 g/mol. The van der Waals surface area contributed by atoms with Crippen LogP contribution in [0.3, 0.4) is 0 Å². The maximum Gasteiger partial charge on any atom is 0.0921 e. The molecule has 1 heterocycles. The van der Waals surface area contributed by atoms with E-state index in [1.807, 2.05) is 0 Å². The quantitative estimate of drug-likeness (QED) is 0.558. The third-order valence-electron chi connectivity index (χ3n) is 1.34. The summed E-state index contributed by atoms with van der Waals surface area (Å²) in [5, 5.41) is 19.5. The number of aromatic amines is 1. The Hall–Kier alpha value is -1.29. The van der Waals surface area contributed by atoms with Crippen molar-refractivity contribution in [3.8, 4) is 0 Å². The Balaban J connectivity index is 2.50. The summed E-state index contributed by atoms with van der Waals surface area (Å²) in [5.41, 5.74) is 0.731. The molecule has 11 heavy (non-hydrogen) atoms. The van der Waals surface area contributed by atoms with Crippen LogP contribution in [0.15, 0.2) is 24.9 Å². The van der Waals surface area contributed by atoms with Gasteiger partial charge >= 0.3 is 0 Å². The van der Waals surface area contributed by atoms with E-state index in [9.17, 15) is 5.11 Å². The van der Waals surface area contributed by atoms with Gasteiger partial charge in [-0.15, -0.1) is 12.3 Å². The lowest BCUT2D eigenvalue weighted by molar-refractivity contribution is -0.319. The number of H-pyrrole nitrogens is 1. The maximum atomic E-state index is 10.5. The Morgan fingerprint density at radius 1 is 1.91 bits per heavy atom. The van der Waals surface area contributed by atoms with E-state index in [-0.39, 0.29) is 6.42 Å². The van der Waals surface area contributed by atoms with E-state index in [0.29, 0.717) is 0 Å². The van der Waals surface area contributed by atoms with Gasteiger partial charge in [0.2, 0.25) is 0 Å². The lowest BCUT2D eigenvalue weighted by Crippen LogP contribution is -2.21. The molecule has 4 heteroatoms. The summed E-state index contributed by atoms with van der Waals surface area (Å²) >= 11 is 0. The molecule has 0 spiro atoms. The average Bonchev–Trinajstić information content (AvgIpc) is 2.39. The van der Waals surface area contributed by atoms with Gasteiger partial charge in [-0.25, -0.2) is 4.98 Å². The van der Waals surface area contributed by atoms with Crippen LogP contribution in [0.1, 0.15) is 5.69 Å². The fourth-order valence-electron chi connectivity index (χ4n) is 0.718. The molecule has 0 aliphatic carbocycles. The van der Waals surface area contributed by atoms with Crippen LogP contribution in [0.25, 0.3) is 0 Å². The molecule has 0 saturated carbocycles. The molecule has 60 valence electrons. The topological polar surface area (TPSA) is 72.0 Å². The van der Waals surface area contributed by atoms with Crippen molar-refractivity contribution < 1.29 is 10.2 Å². The monoisotopic (exact) mass is 153 g/mol. The molecule has 2 N–H and O–H groups in total. The number of rotatable bonds is 3. The van der Waals surface area contributed by atoms with Crippen molar-refractivity contribution in [2.24, 2.45) is 0 Å². The largest absolute Gasteiger partial charge is 0.874 e. The number of nitrogens with one attached hydrogen (secondary N) is 1. The highest BCUT2D eigenvalue weighted by molar-refractivity contribution is 5.01. The molecule has 4 nitrogen and oxygen atoms in total. The smallest absolute Gasteiger partial charge is 0.0921 e. The van der Waals surface area contributed by atoms with Crippen LogP contribution in [-0.2, 0) is 6.42 Å². The Labute approximate surface area is 64.2 Å². The molecule has 1 atom stereocenters. The zero-order valence-electron chi connectivity index (χ0n) is 5.95. The Morgan fingerprint density at radius 2 is 2.64 bits per heavy atom. The highest BCUT2D eigenvalue weighted by atomic mass is 16.3. The molecule has 0 aliphatic rings. The molecule has 1 aromatic rings. The molecule has 0 radical (unpaired) electrons. The van der Waals surface area contributed by atoms with Crippen LogP contribution < -0.4 is 5.11 Å². The number of nitrogens with zero attached hydrogens (tertiary/aromatic N) is 1. The summed E-state index contributed by atoms with van der Waals surface area (Å²) in [6.07, 6.45) is 2.29. The molecule has 1 unspecified atom stereocenters. The first-order valence-corrected chi connectivity index (χ1v) is 3.21. The van der Waals surface area contributed by atoms with Crippen molar-refractivity contribution in [1.82, 2.24) is 9.97 Å². The van der Waals surface area contributed by atoms with Crippen molar-refractivity contribution in [2.45, 2.75) is 12.5 Å². The number of hydrogen-bond donors (Lipinski definition) is 2. The van der Waals surface area contributed by atoms with Crippen molar-refractivity contribution >= 4 is 0 Å². The van der Waals surface area contributed by atoms with Crippen LogP contribution in [0.4, 0.5) is 0 Å². The van der Waals surface area contributed by atoms with Crippen LogP contribution in [0.5, 0.6) is 0 Å². The second-order valence-electron chi connectivity index (χ2n) is 2.26. The van der Waals surface area contributed by atoms with Gasteiger partial charge < -0.3 is 15.2 Å². The van der Waals surface area contributed by atoms with E-state index in [1.54, 1.807) is 6.20 Å². The number of aliphatic hydroxyl groups excluding tert-OH is 1. The molecule has 0 bridgehead atoms. The van der Waals surface area contributed by atoms with Gasteiger partial charge in [-0.1, -0.05) is 0 Å². The number of aromatic nitrogens is 2. The van der Waals surface area contributed by atoms with Gasteiger partial charge in [0.05, 0.1) is 12.4 Å². The predicted molar refractivity (Wildman–Crippen MR) is 37.4 cm³/mol. The van der Waals surface area contributed by atoms with Crippen molar-refractivity contribution in [1.29, 1.82) is 0 Å². The summed E-state index contributed by atoms with van der Waals surface area (Å²) in [7, 11) is 0. The lowest BCUT2D eigenvalue weighted by atomic mass is 10.2. The number of imidazole rings is 1. The highest BCUT2D eigenvalue weighted by Gasteiger charge is 2.02. The molecule has 1 rings (SSSR count). The van der Waals surface area contributed by atoms with E-state index in [0.717, 1.165) is 5.69 Å². The first-order valence-electron chi connectivity index (χ1n) is 3.21. The third-order valence-corrected chi connectivity index (χ3v) is 1.34. The summed E-state index contributed by atoms with van der Waals surface area (Å²) in [6.45, 7) is 3.10. The van der Waals surface area contributed by atoms with E-state index < -0.39 is 11.9 Å². The summed E-state index contributed by atoms with van der Waals surface area (Å²) in [6, 6.07) is 0. The Bertz CT molecular complexity index is 231. The van der Waals surface area contributed by atoms with Crippen LogP contribution in [0, 0.1) is 0 Å². The Morgan fingerprint density at radius 3 is 3.09 bits per heavy atom. The van der Waals surface area contributed by atoms with E-state index >= 15 is 0 Å². The van der Waals surface area contributed by atoms with E-state index in [1.165, 1.54) is 6.33 Å². The number of hydrogen-bond acceptors (Lipinski definition) is 3. The highest BCUT2D eigenvalue weighted by Crippen LogP contribution is 2.00. The second-order valence-corrected chi connectivity index (χ2v) is 2.26. The molecular formula is C7H9N2O2-. The van der Waals surface area contributed by atoms with Gasteiger partial charge in [-0.2, -0.15) is 0 Å². The normalized spacial score (nSPS) is 12.8. The van der Waals surface area contributed by atoms with E-state index in [2.05, 4.69) is 16.5 Å². The Kier molecular flexibility index (Phi) is 2.28. The second kappa shape index (κ2) is 3.21. The minimum atomic E-state index is -1.02. The molecule has 0 fully saturated rings. The van der Waals surface area contributed by atoms with Gasteiger partial charge in [0, 0.05) is 18.3 Å². The molecule has 0 aromatic carbocycles. The van der Waals surface area contributed by atoms with Gasteiger partial charge in [-0.05, 0) is 0 Å². The number of aliphatic hydroxyl groups is 1. The fourth-order valence-corrected chi connectivity index (χ4v) is 0.718. The lowest BCUT2D eigenvalue weighted by Gasteiger charge is -2.15. The van der Waals surface area contributed by atoms with Crippen LogP contribution in [0.2, 0.25) is 0 Å². The maximum absolute atomic E-state index is 10.5. The third kappa shape index (κ3) is 2.09. The van der Waals surface area contributed by atoms with Gasteiger partial charge in [-0.3, -0.25) is 0 Å². The van der Waals surface area contributed by atoms with Crippen molar-refractivity contribution in [2.75, 3.05) is 0 Å². The molecule has 0 amide bonds. The van der Waals surface area contributed by atoms with Gasteiger partial charge in [0.15, 0.2) is 0 Å². The SMILES string of the molecule is C=C([O-])C(O)Cc1cnc[nH]1. The average molecular weight is 153 g/mol. The zero-order chi connectivity index (χ0) is 8.27. The zero-order valence-corrected chi connectivity index (χ0v) is 5.95. The standard InChI is InChI=1S/C7H10N2O2/c1-5(10)7(11)2-6-3-8-4-9-6/h3-4,7,10-11H,1-2H2,(H,8,9)/p-1. The van der Waals surface area contributed by atoms with Crippen LogP contribution in [-0.4, -0.2) is 21.2 Å². The molecule has 0 saturated heterocycles.